The lowest BCUT2D eigenvalue weighted by Crippen LogP contribution is -2.66. The van der Waals surface area contributed by atoms with Gasteiger partial charge in [0.1, 0.15) is 110 Å². The fourth-order valence-corrected chi connectivity index (χ4v) is 13.1. The Morgan fingerprint density at radius 2 is 1.01 bits per heavy atom. The zero-order chi connectivity index (χ0) is 78.3. The summed E-state index contributed by atoms with van der Waals surface area (Å²) in [5, 5.41) is 189. The Morgan fingerprint density at radius 1 is 0.495 bits per heavy atom. The van der Waals surface area contributed by atoms with Gasteiger partial charge in [-0.2, -0.15) is 0 Å². The average Bonchev–Trinajstić information content (AvgIpc) is 0.777. The molecule has 37 heteroatoms. The fourth-order valence-electron chi connectivity index (χ4n) is 13.1. The van der Waals surface area contributed by atoms with E-state index in [9.17, 15) is 115 Å². The van der Waals surface area contributed by atoms with E-state index in [0.717, 1.165) is 32.1 Å². The SMILES string of the molecule is CCCCCCCCCCCCCC[C@@H](O)[C@@H](O)[C@H](COC1OC(COCCCCCCNC(=O)CCCCC(=O)NCCOC2OC(CO)C(OC3OC(C(=O)O)C(O)C(OC4OC(CO)C(OC5OC(C(=O)O)C(O)C(O)C5O)CC4O)C3O)C(O)C2O)C(O)C(O)C1O)NC(=O)Cc1ccc(F)cc1. The maximum Gasteiger partial charge on any atom is 0.335 e. The van der Waals surface area contributed by atoms with Crippen molar-refractivity contribution in [3.05, 3.63) is 35.6 Å². The monoisotopic (exact) mass is 1550 g/mol. The number of ether oxygens (including phenoxy) is 11. The minimum absolute atomic E-state index is 0.0393. The van der Waals surface area contributed by atoms with Gasteiger partial charge < -0.3 is 155 Å². The third kappa shape index (κ3) is 28.9. The third-order valence-electron chi connectivity index (χ3n) is 19.5. The largest absolute Gasteiger partial charge is 0.479 e. The van der Waals surface area contributed by atoms with Crippen LogP contribution in [0.5, 0.6) is 0 Å². The van der Waals surface area contributed by atoms with Crippen LogP contribution in [0.15, 0.2) is 24.3 Å². The number of aliphatic hydroxyl groups excluding tert-OH is 15. The van der Waals surface area contributed by atoms with Crippen LogP contribution in [0.25, 0.3) is 0 Å². The molecule has 0 spiro atoms. The Morgan fingerprint density at radius 3 is 1.63 bits per heavy atom. The normalized spacial score (nSPS) is 33.4. The number of halogens is 1. The van der Waals surface area contributed by atoms with Gasteiger partial charge in [-0.3, -0.25) is 14.4 Å². The Hall–Kier alpha value is -4.54. The summed E-state index contributed by atoms with van der Waals surface area (Å²) in [5.41, 5.74) is 0.495. The van der Waals surface area contributed by atoms with E-state index in [0.29, 0.717) is 50.6 Å². The van der Waals surface area contributed by atoms with E-state index >= 15 is 0 Å². The van der Waals surface area contributed by atoms with Gasteiger partial charge in [-0.1, -0.05) is 109 Å². The van der Waals surface area contributed by atoms with E-state index in [1.54, 1.807) is 0 Å². The van der Waals surface area contributed by atoms with Gasteiger partial charge in [0.2, 0.25) is 17.7 Å². The molecule has 5 fully saturated rings. The van der Waals surface area contributed by atoms with E-state index in [1.165, 1.54) is 69.2 Å². The van der Waals surface area contributed by atoms with Crippen LogP contribution in [0.4, 0.5) is 4.39 Å². The highest BCUT2D eigenvalue weighted by Crippen LogP contribution is 2.35. The topological polar surface area (TPSA) is 567 Å². The number of nitrogens with one attached hydrogen (secondary N) is 3. The van der Waals surface area contributed by atoms with Crippen molar-refractivity contribution in [3.63, 3.8) is 0 Å². The summed E-state index contributed by atoms with van der Waals surface area (Å²) < 4.78 is 75.2. The van der Waals surface area contributed by atoms with E-state index < -0.39 is 221 Å². The molecule has 24 unspecified atom stereocenters. The van der Waals surface area contributed by atoms with Gasteiger partial charge in [-0.15, -0.1) is 0 Å². The predicted molar refractivity (Wildman–Crippen MR) is 363 cm³/mol. The molecule has 0 aromatic heterocycles. The smallest absolute Gasteiger partial charge is 0.335 e. The number of unbranched alkanes of at least 4 members (excludes halogenated alkanes) is 15. The first kappa shape index (κ1) is 91.3. The molecule has 5 aliphatic rings. The number of carboxylic acids is 2. The summed E-state index contributed by atoms with van der Waals surface area (Å²) in [6.45, 7) is -0.0941. The number of aliphatic hydroxyl groups is 15. The second-order valence-corrected chi connectivity index (χ2v) is 27.9. The standard InChI is InChI=1S/C70H116FN3O33/c1-2-3-4-5-6-7-8-9-10-11-12-15-20-40(77)49(82)39(74-48(81)31-37-23-25-38(71)26-24-37)35-99-68-55(88)51(84)50(83)45(103-68)36-97-29-19-14-13-18-27-72-46(79)21-16-17-22-47(80)73-28-30-98-67-57(90)54(87)60(44(34-76)102-67)104-70-59(92)61(58(91)63(107-70)65(95)96)105-66-41(78)32-42(43(33-75)101-66)100-69-56(89)52(85)53(86)62(106-69)64(93)94/h23-26,39-45,49-63,66-70,75-78,82-92H,2-22,27-36H2,1H3,(H,72,79)(H,73,80)(H,74,81)(H,93,94)(H,95,96)/t39-,40+,41?,42?,43?,44?,45?,49-,50?,51?,52?,53?,54?,55?,56?,57?,58?,59?,60?,61?,62?,63?,66?,67?,68?,69?,70?/m0/s1. The molecular weight excluding hydrogens is 1430 g/mol. The molecule has 3 amide bonds. The predicted octanol–water partition coefficient (Wildman–Crippen LogP) is -3.64. The van der Waals surface area contributed by atoms with Gasteiger partial charge in [0.05, 0.1) is 57.7 Å². The van der Waals surface area contributed by atoms with Crippen LogP contribution in [0.1, 0.15) is 154 Å². The highest BCUT2D eigenvalue weighted by Gasteiger charge is 2.56. The van der Waals surface area contributed by atoms with Crippen LogP contribution in [0.3, 0.4) is 0 Å². The Kier molecular flexibility index (Phi) is 40.7. The molecule has 36 nitrogen and oxygen atoms in total. The van der Waals surface area contributed by atoms with Crippen LogP contribution in [0, 0.1) is 5.82 Å². The van der Waals surface area contributed by atoms with Crippen molar-refractivity contribution >= 4 is 29.7 Å². The molecule has 20 N–H and O–H groups in total. The van der Waals surface area contributed by atoms with Crippen LogP contribution in [-0.4, -0.2) is 335 Å². The highest BCUT2D eigenvalue weighted by atomic mass is 19.1. The molecule has 107 heavy (non-hydrogen) atoms. The molecular formula is C70H116FN3O33. The van der Waals surface area contributed by atoms with Gasteiger partial charge >= 0.3 is 11.9 Å². The van der Waals surface area contributed by atoms with Crippen molar-refractivity contribution in [1.82, 2.24) is 16.0 Å². The van der Waals surface area contributed by atoms with Crippen LogP contribution < -0.4 is 16.0 Å². The van der Waals surface area contributed by atoms with Gasteiger partial charge in [-0.25, -0.2) is 14.0 Å². The Bertz CT molecular complexity index is 2720. The lowest BCUT2D eigenvalue weighted by Gasteiger charge is -2.47. The molecule has 0 bridgehead atoms. The Balaban J connectivity index is 0.825. The number of hydrogen-bond donors (Lipinski definition) is 20. The van der Waals surface area contributed by atoms with Crippen molar-refractivity contribution in [2.45, 2.75) is 320 Å². The van der Waals surface area contributed by atoms with Crippen LogP contribution >= 0.6 is 0 Å². The van der Waals surface area contributed by atoms with Crippen LogP contribution in [0.2, 0.25) is 0 Å². The minimum atomic E-state index is -2.24. The summed E-state index contributed by atoms with van der Waals surface area (Å²) in [5.74, 6) is -5.20. The maximum absolute atomic E-state index is 13.6. The zero-order valence-electron chi connectivity index (χ0n) is 60.3. The first-order valence-corrected chi connectivity index (χ1v) is 37.3. The third-order valence-corrected chi connectivity index (χ3v) is 19.5. The molecule has 0 aliphatic carbocycles. The average molecular weight is 1550 g/mol. The Labute approximate surface area is 619 Å². The van der Waals surface area contributed by atoms with E-state index in [1.807, 2.05) is 0 Å². The summed E-state index contributed by atoms with van der Waals surface area (Å²) in [6.07, 6.45) is -30.6. The maximum atomic E-state index is 13.6. The van der Waals surface area contributed by atoms with E-state index in [4.69, 9.17) is 52.1 Å². The molecule has 5 heterocycles. The summed E-state index contributed by atoms with van der Waals surface area (Å²) in [7, 11) is 0. The first-order valence-electron chi connectivity index (χ1n) is 37.3. The number of rotatable bonds is 49. The molecule has 27 atom stereocenters. The van der Waals surface area contributed by atoms with Gasteiger partial charge in [0.15, 0.2) is 43.7 Å². The first-order chi connectivity index (χ1) is 51.2. The number of hydrogen-bond acceptors (Lipinski definition) is 31. The second-order valence-electron chi connectivity index (χ2n) is 27.9. The fraction of sp³-hybridized carbons (Fsp3) is 0.843. The highest BCUT2D eigenvalue weighted by molar-refractivity contribution is 5.79. The second kappa shape index (κ2) is 47.7. The molecule has 5 aliphatic heterocycles. The van der Waals surface area contributed by atoms with Crippen molar-refractivity contribution in [2.75, 3.05) is 52.7 Å². The minimum Gasteiger partial charge on any atom is -0.479 e. The van der Waals surface area contributed by atoms with Crippen molar-refractivity contribution in [3.8, 4) is 0 Å². The van der Waals surface area contributed by atoms with Crippen molar-refractivity contribution in [2.24, 2.45) is 0 Å². The molecule has 1 aromatic rings. The van der Waals surface area contributed by atoms with Crippen molar-refractivity contribution in [1.29, 1.82) is 0 Å². The van der Waals surface area contributed by atoms with E-state index in [-0.39, 0.29) is 58.0 Å². The molecule has 616 valence electrons. The molecule has 5 saturated heterocycles. The van der Waals surface area contributed by atoms with Gasteiger partial charge in [-0.05, 0) is 49.8 Å². The molecule has 6 rings (SSSR count). The molecule has 0 saturated carbocycles. The van der Waals surface area contributed by atoms with Gasteiger partial charge in [0.25, 0.3) is 0 Å². The lowest BCUT2D eigenvalue weighted by atomic mass is 9.96. The number of carbonyl (C=O) groups is 5. The number of carboxylic acid groups (broad SMARTS) is 2. The van der Waals surface area contributed by atoms with E-state index in [2.05, 4.69) is 22.9 Å². The van der Waals surface area contributed by atoms with Crippen LogP contribution in [-0.2, 0) is 82.5 Å². The zero-order valence-corrected chi connectivity index (χ0v) is 60.3. The summed E-state index contributed by atoms with van der Waals surface area (Å²) >= 11 is 0. The lowest BCUT2D eigenvalue weighted by molar-refractivity contribution is -0.377. The van der Waals surface area contributed by atoms with Crippen molar-refractivity contribution < 1.29 is 167 Å². The number of benzene rings is 1. The number of aliphatic carboxylic acids is 2. The quantitative estimate of drug-likeness (QED) is 0.0280. The summed E-state index contributed by atoms with van der Waals surface area (Å²) in [6, 6.07) is 4.11. The molecule has 1 aromatic carbocycles. The summed E-state index contributed by atoms with van der Waals surface area (Å²) in [4.78, 5) is 62.3. The number of amides is 3. The molecule has 0 radical (unpaired) electrons. The van der Waals surface area contributed by atoms with Gasteiger partial charge in [0, 0.05) is 39.0 Å². The number of carbonyl (C=O) groups excluding carboxylic acids is 3.